The van der Waals surface area contributed by atoms with E-state index in [-0.39, 0.29) is 0 Å². The van der Waals surface area contributed by atoms with E-state index in [1.54, 1.807) is 17.5 Å². The molecular weight excluding hydrogens is 290 g/mol. The Bertz CT molecular complexity index is 741. The van der Waals surface area contributed by atoms with E-state index in [0.29, 0.717) is 0 Å². The molecule has 0 aliphatic carbocycles. The summed E-state index contributed by atoms with van der Waals surface area (Å²) < 4.78 is 1.82. The number of aryl methyl sites for hydroxylation is 1. The van der Waals surface area contributed by atoms with Crippen LogP contribution in [0.15, 0.2) is 41.9 Å². The number of nitrogens with zero attached hydrogens (tertiary/aromatic N) is 3. The fourth-order valence-corrected chi connectivity index (χ4v) is 2.67. The van der Waals surface area contributed by atoms with Crippen molar-refractivity contribution in [3.8, 4) is 11.3 Å². The molecule has 0 radical (unpaired) electrons. The number of halogens is 1. The topological polar surface area (TPSA) is 30.7 Å². The van der Waals surface area contributed by atoms with E-state index in [1.807, 2.05) is 59.6 Å². The fraction of sp³-hybridized carbons (Fsp3) is 0.0667. The van der Waals surface area contributed by atoms with Crippen LogP contribution in [0.3, 0.4) is 0 Å². The van der Waals surface area contributed by atoms with Gasteiger partial charge in [0.2, 0.25) is 0 Å². The van der Waals surface area contributed by atoms with E-state index in [4.69, 9.17) is 11.6 Å². The first-order chi connectivity index (χ1) is 9.72. The van der Waals surface area contributed by atoms with Crippen LogP contribution in [0, 0.1) is 0 Å². The third kappa shape index (κ3) is 2.81. The van der Waals surface area contributed by atoms with E-state index in [9.17, 15) is 0 Å². The van der Waals surface area contributed by atoms with Gasteiger partial charge in [-0.3, -0.25) is 4.68 Å². The molecule has 0 unspecified atom stereocenters. The minimum absolute atomic E-state index is 0.736. The SMILES string of the molecule is Cn1nccc1C=Cc1nc(-c2ccc(Cl)cc2)cs1. The molecule has 0 saturated heterocycles. The van der Waals surface area contributed by atoms with Crippen molar-refractivity contribution in [2.24, 2.45) is 7.05 Å². The van der Waals surface area contributed by atoms with Crippen LogP contribution in [0.25, 0.3) is 23.4 Å². The van der Waals surface area contributed by atoms with E-state index >= 15 is 0 Å². The minimum atomic E-state index is 0.736. The van der Waals surface area contributed by atoms with Gasteiger partial charge in [-0.2, -0.15) is 5.10 Å². The highest BCUT2D eigenvalue weighted by Crippen LogP contribution is 2.24. The zero-order chi connectivity index (χ0) is 13.9. The maximum atomic E-state index is 5.89. The van der Waals surface area contributed by atoms with Gasteiger partial charge in [-0.05, 0) is 30.4 Å². The molecule has 0 amide bonds. The van der Waals surface area contributed by atoms with E-state index in [2.05, 4.69) is 10.1 Å². The number of rotatable bonds is 3. The maximum absolute atomic E-state index is 5.89. The normalized spacial score (nSPS) is 11.3. The van der Waals surface area contributed by atoms with Crippen molar-refractivity contribution in [3.63, 3.8) is 0 Å². The van der Waals surface area contributed by atoms with Crippen molar-refractivity contribution in [1.29, 1.82) is 0 Å². The summed E-state index contributed by atoms with van der Waals surface area (Å²) >= 11 is 7.50. The summed E-state index contributed by atoms with van der Waals surface area (Å²) in [6.45, 7) is 0. The summed E-state index contributed by atoms with van der Waals surface area (Å²) in [4.78, 5) is 4.60. The Balaban J connectivity index is 1.82. The molecule has 0 N–H and O–H groups in total. The fourth-order valence-electron chi connectivity index (χ4n) is 1.82. The second-order valence-corrected chi connectivity index (χ2v) is 5.62. The van der Waals surface area contributed by atoms with Gasteiger partial charge in [-0.25, -0.2) is 4.98 Å². The average molecular weight is 302 g/mol. The molecule has 0 aliphatic heterocycles. The molecule has 3 rings (SSSR count). The summed E-state index contributed by atoms with van der Waals surface area (Å²) in [5.74, 6) is 0. The first-order valence-electron chi connectivity index (χ1n) is 6.10. The van der Waals surface area contributed by atoms with Crippen LogP contribution in [0.2, 0.25) is 5.02 Å². The van der Waals surface area contributed by atoms with Gasteiger partial charge in [0.1, 0.15) is 5.01 Å². The lowest BCUT2D eigenvalue weighted by Gasteiger charge is -1.95. The molecular formula is C15H12ClN3S. The Morgan fingerprint density at radius 1 is 1.15 bits per heavy atom. The summed E-state index contributed by atoms with van der Waals surface area (Å²) in [7, 11) is 1.92. The molecule has 0 spiro atoms. The van der Waals surface area contributed by atoms with Gasteiger partial charge in [0.05, 0.1) is 11.4 Å². The van der Waals surface area contributed by atoms with Gasteiger partial charge in [-0.15, -0.1) is 11.3 Å². The molecule has 0 fully saturated rings. The van der Waals surface area contributed by atoms with E-state index in [1.165, 1.54) is 0 Å². The highest BCUT2D eigenvalue weighted by Gasteiger charge is 2.02. The second-order valence-electron chi connectivity index (χ2n) is 4.29. The number of aromatic nitrogens is 3. The van der Waals surface area contributed by atoms with Crippen molar-refractivity contribution >= 4 is 35.1 Å². The van der Waals surface area contributed by atoms with Crippen molar-refractivity contribution < 1.29 is 0 Å². The molecule has 0 aliphatic rings. The quantitative estimate of drug-likeness (QED) is 0.719. The molecule has 100 valence electrons. The molecule has 0 saturated carbocycles. The molecule has 3 aromatic rings. The summed E-state index contributed by atoms with van der Waals surface area (Å²) in [6, 6.07) is 9.67. The Labute approximate surface area is 126 Å². The standard InChI is InChI=1S/C15H12ClN3S/c1-19-13(8-9-17-19)6-7-15-18-14(10-20-15)11-2-4-12(16)5-3-11/h2-10H,1H3. The van der Waals surface area contributed by atoms with Crippen LogP contribution in [-0.2, 0) is 7.05 Å². The Morgan fingerprint density at radius 2 is 1.95 bits per heavy atom. The van der Waals surface area contributed by atoms with Crippen LogP contribution >= 0.6 is 22.9 Å². The third-order valence-corrected chi connectivity index (χ3v) is 3.98. The largest absolute Gasteiger partial charge is 0.269 e. The van der Waals surface area contributed by atoms with Crippen molar-refractivity contribution in [1.82, 2.24) is 14.8 Å². The molecule has 3 nitrogen and oxygen atoms in total. The Morgan fingerprint density at radius 3 is 2.65 bits per heavy atom. The first kappa shape index (κ1) is 13.1. The summed E-state index contributed by atoms with van der Waals surface area (Å²) in [5, 5.41) is 7.88. The summed E-state index contributed by atoms with van der Waals surface area (Å²) in [5.41, 5.74) is 3.09. The predicted octanol–water partition coefficient (Wildman–Crippen LogP) is 4.37. The second kappa shape index (κ2) is 5.61. The molecule has 2 heterocycles. The van der Waals surface area contributed by atoms with Gasteiger partial charge in [-0.1, -0.05) is 23.7 Å². The monoisotopic (exact) mass is 301 g/mol. The smallest absolute Gasteiger partial charge is 0.116 e. The minimum Gasteiger partial charge on any atom is -0.269 e. The molecule has 20 heavy (non-hydrogen) atoms. The van der Waals surface area contributed by atoms with Gasteiger partial charge in [0.15, 0.2) is 0 Å². The number of thiazole rings is 1. The highest BCUT2D eigenvalue weighted by molar-refractivity contribution is 7.10. The molecule has 2 aromatic heterocycles. The molecule has 1 aromatic carbocycles. The van der Waals surface area contributed by atoms with Crippen LogP contribution in [0.5, 0.6) is 0 Å². The van der Waals surface area contributed by atoms with Crippen LogP contribution in [0.4, 0.5) is 0 Å². The first-order valence-corrected chi connectivity index (χ1v) is 7.36. The maximum Gasteiger partial charge on any atom is 0.116 e. The lowest BCUT2D eigenvalue weighted by Crippen LogP contribution is -1.91. The zero-order valence-electron chi connectivity index (χ0n) is 10.8. The van der Waals surface area contributed by atoms with Crippen LogP contribution in [0.1, 0.15) is 10.7 Å². The predicted molar refractivity (Wildman–Crippen MR) is 84.7 cm³/mol. The molecule has 0 atom stereocenters. The van der Waals surface area contributed by atoms with Crippen LogP contribution in [-0.4, -0.2) is 14.8 Å². The Kier molecular flexibility index (Phi) is 3.67. The highest BCUT2D eigenvalue weighted by atomic mass is 35.5. The number of hydrogen-bond acceptors (Lipinski definition) is 3. The van der Waals surface area contributed by atoms with Gasteiger partial charge in [0, 0.05) is 29.2 Å². The van der Waals surface area contributed by atoms with E-state index < -0.39 is 0 Å². The van der Waals surface area contributed by atoms with Crippen molar-refractivity contribution in [2.45, 2.75) is 0 Å². The number of benzene rings is 1. The lowest BCUT2D eigenvalue weighted by atomic mass is 10.2. The lowest BCUT2D eigenvalue weighted by molar-refractivity contribution is 0.760. The van der Waals surface area contributed by atoms with Crippen LogP contribution < -0.4 is 0 Å². The average Bonchev–Trinajstić information content (AvgIpc) is 3.06. The molecule has 5 heteroatoms. The van der Waals surface area contributed by atoms with Gasteiger partial charge >= 0.3 is 0 Å². The van der Waals surface area contributed by atoms with E-state index in [0.717, 1.165) is 27.0 Å². The molecule has 0 bridgehead atoms. The van der Waals surface area contributed by atoms with Crippen molar-refractivity contribution in [2.75, 3.05) is 0 Å². The third-order valence-electron chi connectivity index (χ3n) is 2.92. The number of hydrogen-bond donors (Lipinski definition) is 0. The Hall–Kier alpha value is -1.91. The van der Waals surface area contributed by atoms with Crippen molar-refractivity contribution in [3.05, 3.63) is 57.6 Å². The zero-order valence-corrected chi connectivity index (χ0v) is 12.4. The van der Waals surface area contributed by atoms with Gasteiger partial charge < -0.3 is 0 Å². The summed E-state index contributed by atoms with van der Waals surface area (Å²) in [6.07, 6.45) is 5.79. The van der Waals surface area contributed by atoms with Gasteiger partial charge in [0.25, 0.3) is 0 Å².